The largest absolute Gasteiger partial charge is 0.303 e. The maximum atomic E-state index is 10.1. The van der Waals surface area contributed by atoms with Crippen LogP contribution in [0.3, 0.4) is 0 Å². The molecule has 0 aliphatic heterocycles. The number of hydroxylamine groups is 2. The second-order valence-electron chi connectivity index (χ2n) is 3.07. The van der Waals surface area contributed by atoms with E-state index in [1.807, 2.05) is 37.4 Å². The van der Waals surface area contributed by atoms with E-state index in [0.29, 0.717) is 19.6 Å². The van der Waals surface area contributed by atoms with Crippen molar-refractivity contribution in [3.8, 4) is 0 Å². The first-order valence-electron chi connectivity index (χ1n) is 4.64. The van der Waals surface area contributed by atoms with Gasteiger partial charge in [-0.2, -0.15) is 5.06 Å². The first kappa shape index (κ1) is 10.9. The van der Waals surface area contributed by atoms with Crippen LogP contribution < -0.4 is 0 Å². The molecule has 0 aromatic heterocycles. The summed E-state index contributed by atoms with van der Waals surface area (Å²) in [5.41, 5.74) is 1.13. The molecule has 1 aromatic carbocycles. The highest BCUT2D eigenvalue weighted by atomic mass is 16.7. The number of carbonyl (C=O) groups is 1. The summed E-state index contributed by atoms with van der Waals surface area (Å²) < 4.78 is 0. The molecule has 0 atom stereocenters. The Labute approximate surface area is 84.2 Å². The van der Waals surface area contributed by atoms with Gasteiger partial charge in [-0.1, -0.05) is 30.3 Å². The number of rotatable bonds is 6. The summed E-state index contributed by atoms with van der Waals surface area (Å²) in [6.07, 6.45) is 1.40. The van der Waals surface area contributed by atoms with Crippen molar-refractivity contribution in [2.75, 3.05) is 13.6 Å². The molecule has 0 bridgehead atoms. The predicted octanol–water partition coefficient (Wildman–Crippen LogP) is 1.64. The van der Waals surface area contributed by atoms with Crippen molar-refractivity contribution in [2.45, 2.75) is 13.0 Å². The van der Waals surface area contributed by atoms with Gasteiger partial charge in [-0.25, -0.2) is 0 Å². The number of hydrogen-bond acceptors (Lipinski definition) is 3. The Bertz CT molecular complexity index is 261. The normalized spacial score (nSPS) is 10.4. The van der Waals surface area contributed by atoms with Crippen LogP contribution in [-0.2, 0) is 16.2 Å². The van der Waals surface area contributed by atoms with Crippen LogP contribution in [0.2, 0.25) is 0 Å². The standard InChI is InChI=1S/C11H15NO2/c1-12(8-5-9-13)14-10-11-6-3-2-4-7-11/h2-4,6-7,9H,5,8,10H2,1H3. The molecule has 0 spiro atoms. The highest BCUT2D eigenvalue weighted by Crippen LogP contribution is 2.01. The van der Waals surface area contributed by atoms with Crippen LogP contribution in [0, 0.1) is 0 Å². The van der Waals surface area contributed by atoms with Crippen molar-refractivity contribution in [3.63, 3.8) is 0 Å². The Balaban J connectivity index is 2.23. The van der Waals surface area contributed by atoms with E-state index >= 15 is 0 Å². The van der Waals surface area contributed by atoms with Gasteiger partial charge in [-0.05, 0) is 5.56 Å². The number of hydrogen-bond donors (Lipinski definition) is 0. The topological polar surface area (TPSA) is 29.5 Å². The van der Waals surface area contributed by atoms with Gasteiger partial charge in [0.15, 0.2) is 0 Å². The summed E-state index contributed by atoms with van der Waals surface area (Å²) in [7, 11) is 1.83. The zero-order valence-corrected chi connectivity index (χ0v) is 8.35. The van der Waals surface area contributed by atoms with Gasteiger partial charge < -0.3 is 4.79 Å². The van der Waals surface area contributed by atoms with Gasteiger partial charge in [0.2, 0.25) is 0 Å². The van der Waals surface area contributed by atoms with E-state index in [1.54, 1.807) is 5.06 Å². The average molecular weight is 193 g/mol. The van der Waals surface area contributed by atoms with Crippen LogP contribution in [0.1, 0.15) is 12.0 Å². The molecule has 3 nitrogen and oxygen atoms in total. The summed E-state index contributed by atoms with van der Waals surface area (Å²) in [5, 5.41) is 1.68. The first-order chi connectivity index (χ1) is 6.83. The van der Waals surface area contributed by atoms with Crippen LogP contribution in [-0.4, -0.2) is 24.9 Å². The molecule has 76 valence electrons. The third-order valence-corrected chi connectivity index (χ3v) is 1.86. The predicted molar refractivity (Wildman–Crippen MR) is 54.5 cm³/mol. The van der Waals surface area contributed by atoms with Crippen molar-refractivity contribution < 1.29 is 9.63 Å². The first-order valence-corrected chi connectivity index (χ1v) is 4.64. The zero-order valence-electron chi connectivity index (χ0n) is 8.35. The molecule has 0 heterocycles. The summed E-state index contributed by atoms with van der Waals surface area (Å²) >= 11 is 0. The number of benzene rings is 1. The van der Waals surface area contributed by atoms with E-state index in [4.69, 9.17) is 4.84 Å². The van der Waals surface area contributed by atoms with Crippen LogP contribution in [0.5, 0.6) is 0 Å². The average Bonchev–Trinajstić information content (AvgIpc) is 2.25. The monoisotopic (exact) mass is 193 g/mol. The summed E-state index contributed by atoms with van der Waals surface area (Å²) in [5.74, 6) is 0. The molecule has 0 fully saturated rings. The van der Waals surface area contributed by atoms with Gasteiger partial charge in [0.1, 0.15) is 6.29 Å². The number of aldehydes is 1. The highest BCUT2D eigenvalue weighted by Gasteiger charge is 1.98. The van der Waals surface area contributed by atoms with Crippen LogP contribution in [0.25, 0.3) is 0 Å². The Kier molecular flexibility index (Phi) is 4.89. The molecule has 0 saturated carbocycles. The molecule has 3 heteroatoms. The molecule has 0 aliphatic carbocycles. The van der Waals surface area contributed by atoms with Gasteiger partial charge in [0.25, 0.3) is 0 Å². The Hall–Kier alpha value is -1.19. The smallest absolute Gasteiger partial charge is 0.121 e. The fourth-order valence-corrected chi connectivity index (χ4v) is 1.06. The maximum Gasteiger partial charge on any atom is 0.121 e. The van der Waals surface area contributed by atoms with Crippen LogP contribution in [0.4, 0.5) is 0 Å². The van der Waals surface area contributed by atoms with Crippen LogP contribution >= 0.6 is 0 Å². The van der Waals surface area contributed by atoms with E-state index in [9.17, 15) is 4.79 Å². The van der Waals surface area contributed by atoms with E-state index in [0.717, 1.165) is 11.8 Å². The van der Waals surface area contributed by atoms with Gasteiger partial charge in [-0.3, -0.25) is 4.84 Å². The molecular formula is C11H15NO2. The van der Waals surface area contributed by atoms with Crippen molar-refractivity contribution in [1.82, 2.24) is 5.06 Å². The zero-order chi connectivity index (χ0) is 10.2. The van der Waals surface area contributed by atoms with Gasteiger partial charge >= 0.3 is 0 Å². The Morgan fingerprint density at radius 1 is 1.36 bits per heavy atom. The van der Waals surface area contributed by atoms with E-state index in [-0.39, 0.29) is 0 Å². The molecule has 1 aromatic rings. The Morgan fingerprint density at radius 3 is 2.71 bits per heavy atom. The minimum Gasteiger partial charge on any atom is -0.303 e. The minimum atomic E-state index is 0.505. The SMILES string of the molecule is CN(CCC=O)OCc1ccccc1. The lowest BCUT2D eigenvalue weighted by Gasteiger charge is -2.14. The summed E-state index contributed by atoms with van der Waals surface area (Å²) in [6, 6.07) is 9.94. The molecule has 0 N–H and O–H groups in total. The van der Waals surface area contributed by atoms with Crippen molar-refractivity contribution >= 4 is 6.29 Å². The molecule has 14 heavy (non-hydrogen) atoms. The van der Waals surface area contributed by atoms with Crippen LogP contribution in [0.15, 0.2) is 30.3 Å². The number of nitrogens with zero attached hydrogens (tertiary/aromatic N) is 1. The van der Waals surface area contributed by atoms with E-state index in [1.165, 1.54) is 0 Å². The lowest BCUT2D eigenvalue weighted by Crippen LogP contribution is -2.20. The van der Waals surface area contributed by atoms with Crippen molar-refractivity contribution in [2.24, 2.45) is 0 Å². The van der Waals surface area contributed by atoms with E-state index < -0.39 is 0 Å². The molecule has 1 rings (SSSR count). The third-order valence-electron chi connectivity index (χ3n) is 1.86. The maximum absolute atomic E-state index is 10.1. The van der Waals surface area contributed by atoms with Crippen molar-refractivity contribution in [3.05, 3.63) is 35.9 Å². The molecule has 0 aliphatic rings. The molecule has 0 amide bonds. The summed E-state index contributed by atoms with van der Waals surface area (Å²) in [6.45, 7) is 1.19. The minimum absolute atomic E-state index is 0.505. The lowest BCUT2D eigenvalue weighted by atomic mass is 10.2. The lowest BCUT2D eigenvalue weighted by molar-refractivity contribution is -0.152. The van der Waals surface area contributed by atoms with Gasteiger partial charge in [0, 0.05) is 20.0 Å². The second kappa shape index (κ2) is 6.29. The number of carbonyl (C=O) groups excluding carboxylic acids is 1. The molecule has 0 saturated heterocycles. The molecule has 0 radical (unpaired) electrons. The molecule has 0 unspecified atom stereocenters. The fraction of sp³-hybridized carbons (Fsp3) is 0.364. The van der Waals surface area contributed by atoms with E-state index in [2.05, 4.69) is 0 Å². The Morgan fingerprint density at radius 2 is 2.07 bits per heavy atom. The third kappa shape index (κ3) is 4.16. The highest BCUT2D eigenvalue weighted by molar-refractivity contribution is 5.49. The van der Waals surface area contributed by atoms with Gasteiger partial charge in [0.05, 0.1) is 6.61 Å². The quantitative estimate of drug-likeness (QED) is 0.508. The second-order valence-corrected chi connectivity index (χ2v) is 3.07. The molecular weight excluding hydrogens is 178 g/mol. The fourth-order valence-electron chi connectivity index (χ4n) is 1.06. The van der Waals surface area contributed by atoms with Gasteiger partial charge in [-0.15, -0.1) is 0 Å². The van der Waals surface area contributed by atoms with Crippen molar-refractivity contribution in [1.29, 1.82) is 0 Å². The summed E-state index contributed by atoms with van der Waals surface area (Å²) in [4.78, 5) is 15.5.